The van der Waals surface area contributed by atoms with Gasteiger partial charge in [0.1, 0.15) is 5.25 Å². The van der Waals surface area contributed by atoms with E-state index in [1.807, 2.05) is 0 Å². The molecular formula is C10H20O3S. The van der Waals surface area contributed by atoms with E-state index in [0.29, 0.717) is 0 Å². The van der Waals surface area contributed by atoms with Crippen LogP contribution in [-0.2, 0) is 14.3 Å². The van der Waals surface area contributed by atoms with Crippen molar-refractivity contribution in [3.05, 3.63) is 0 Å². The maximum Gasteiger partial charge on any atom is 0.273 e. The monoisotopic (exact) mass is 220 g/mol. The third kappa shape index (κ3) is 2.70. The fraction of sp³-hybridized carbons (Fsp3) is 1.00. The van der Waals surface area contributed by atoms with Gasteiger partial charge in [0.25, 0.3) is 10.1 Å². The second-order valence-electron chi connectivity index (χ2n) is 3.95. The Morgan fingerprint density at radius 3 is 2.14 bits per heavy atom. The van der Waals surface area contributed by atoms with E-state index < -0.39 is 10.1 Å². The van der Waals surface area contributed by atoms with Crippen molar-refractivity contribution in [2.45, 2.75) is 63.7 Å². The van der Waals surface area contributed by atoms with E-state index in [9.17, 15) is 8.42 Å². The van der Waals surface area contributed by atoms with Crippen LogP contribution in [0.3, 0.4) is 0 Å². The van der Waals surface area contributed by atoms with Crippen LogP contribution in [0.1, 0.15) is 52.4 Å². The molecule has 2 atom stereocenters. The van der Waals surface area contributed by atoms with E-state index in [0.717, 1.165) is 38.5 Å². The summed E-state index contributed by atoms with van der Waals surface area (Å²) in [5.74, 6) is 0. The number of unbranched alkanes of at least 4 members (excludes halogenated alkanes) is 2. The van der Waals surface area contributed by atoms with Crippen LogP contribution in [0.2, 0.25) is 0 Å². The maximum atomic E-state index is 11.3. The largest absolute Gasteiger partial charge is 0.273 e. The molecule has 84 valence electrons. The Morgan fingerprint density at radius 2 is 1.64 bits per heavy atom. The highest BCUT2D eigenvalue weighted by Gasteiger charge is 2.46. The van der Waals surface area contributed by atoms with Gasteiger partial charge >= 0.3 is 0 Å². The molecule has 0 amide bonds. The van der Waals surface area contributed by atoms with Crippen molar-refractivity contribution in [1.82, 2.24) is 0 Å². The van der Waals surface area contributed by atoms with Gasteiger partial charge in [0.05, 0.1) is 6.10 Å². The van der Waals surface area contributed by atoms with Gasteiger partial charge in [-0.05, 0) is 12.8 Å². The van der Waals surface area contributed by atoms with Gasteiger partial charge in [-0.1, -0.05) is 39.5 Å². The summed E-state index contributed by atoms with van der Waals surface area (Å²) in [7, 11) is -3.17. The molecule has 0 aromatic rings. The predicted molar refractivity (Wildman–Crippen MR) is 56.6 cm³/mol. The molecule has 14 heavy (non-hydrogen) atoms. The van der Waals surface area contributed by atoms with Crippen LogP contribution < -0.4 is 0 Å². The van der Waals surface area contributed by atoms with Gasteiger partial charge in [0.2, 0.25) is 0 Å². The maximum absolute atomic E-state index is 11.3. The normalized spacial score (nSPS) is 29.9. The minimum Gasteiger partial charge on any atom is -0.265 e. The first-order chi connectivity index (χ1) is 6.61. The fourth-order valence-electron chi connectivity index (χ4n) is 1.81. The molecule has 3 nitrogen and oxygen atoms in total. The molecule has 1 saturated heterocycles. The molecule has 0 spiro atoms. The van der Waals surface area contributed by atoms with Crippen molar-refractivity contribution >= 4 is 10.1 Å². The van der Waals surface area contributed by atoms with Crippen molar-refractivity contribution in [2.75, 3.05) is 0 Å². The molecular weight excluding hydrogens is 200 g/mol. The average Bonchev–Trinajstić information content (AvgIpc) is 2.12. The fourth-order valence-corrected chi connectivity index (χ4v) is 3.38. The molecule has 1 aliphatic rings. The summed E-state index contributed by atoms with van der Waals surface area (Å²) in [4.78, 5) is 0. The zero-order valence-electron chi connectivity index (χ0n) is 9.03. The van der Waals surface area contributed by atoms with E-state index >= 15 is 0 Å². The molecule has 0 radical (unpaired) electrons. The van der Waals surface area contributed by atoms with Crippen molar-refractivity contribution in [2.24, 2.45) is 0 Å². The van der Waals surface area contributed by atoms with Crippen molar-refractivity contribution in [3.63, 3.8) is 0 Å². The summed E-state index contributed by atoms with van der Waals surface area (Å²) in [5.41, 5.74) is 0. The van der Waals surface area contributed by atoms with Crippen LogP contribution in [0.25, 0.3) is 0 Å². The van der Waals surface area contributed by atoms with E-state index in [1.54, 1.807) is 0 Å². The first-order valence-corrected chi connectivity index (χ1v) is 7.01. The molecule has 0 bridgehead atoms. The zero-order chi connectivity index (χ0) is 10.6. The number of hydrogen-bond donors (Lipinski definition) is 0. The van der Waals surface area contributed by atoms with Crippen molar-refractivity contribution in [3.8, 4) is 0 Å². The first-order valence-electron chi connectivity index (χ1n) is 5.54. The van der Waals surface area contributed by atoms with Gasteiger partial charge in [-0.15, -0.1) is 0 Å². The predicted octanol–water partition coefficient (Wildman–Crippen LogP) is 2.46. The van der Waals surface area contributed by atoms with E-state index in [4.69, 9.17) is 4.18 Å². The molecule has 2 unspecified atom stereocenters. The second kappa shape index (κ2) is 5.12. The van der Waals surface area contributed by atoms with Gasteiger partial charge in [0, 0.05) is 0 Å². The quantitative estimate of drug-likeness (QED) is 0.646. The molecule has 0 saturated carbocycles. The lowest BCUT2D eigenvalue weighted by Gasteiger charge is -2.35. The SMILES string of the molecule is CCCCC1OS(=O)(=O)C1CCCC. The standard InChI is InChI=1S/C10H20O3S/c1-3-5-7-9-10(8-6-4-2)14(11,12)13-9/h9-10H,3-8H2,1-2H3. The van der Waals surface area contributed by atoms with Gasteiger partial charge < -0.3 is 0 Å². The van der Waals surface area contributed by atoms with Crippen LogP contribution in [0.4, 0.5) is 0 Å². The summed E-state index contributed by atoms with van der Waals surface area (Å²) in [6.07, 6.45) is 5.83. The Hall–Kier alpha value is -0.0900. The van der Waals surface area contributed by atoms with Crippen LogP contribution in [0.5, 0.6) is 0 Å². The lowest BCUT2D eigenvalue weighted by atomic mass is 10.0. The Balaban J connectivity index is 2.40. The van der Waals surface area contributed by atoms with Crippen molar-refractivity contribution < 1.29 is 12.6 Å². The molecule has 0 aliphatic carbocycles. The highest BCUT2D eigenvalue weighted by Crippen LogP contribution is 2.32. The third-order valence-electron chi connectivity index (χ3n) is 2.73. The van der Waals surface area contributed by atoms with Gasteiger partial charge in [-0.3, -0.25) is 4.18 Å². The topological polar surface area (TPSA) is 43.4 Å². The van der Waals surface area contributed by atoms with E-state index in [1.165, 1.54) is 0 Å². The lowest BCUT2D eigenvalue weighted by Crippen LogP contribution is -2.49. The molecule has 4 heteroatoms. The highest BCUT2D eigenvalue weighted by atomic mass is 32.2. The lowest BCUT2D eigenvalue weighted by molar-refractivity contribution is 0.122. The van der Waals surface area contributed by atoms with E-state index in [2.05, 4.69) is 13.8 Å². The number of hydrogen-bond acceptors (Lipinski definition) is 3. The molecule has 1 fully saturated rings. The van der Waals surface area contributed by atoms with Gasteiger partial charge in [-0.25, -0.2) is 0 Å². The van der Waals surface area contributed by atoms with Crippen LogP contribution >= 0.6 is 0 Å². The van der Waals surface area contributed by atoms with Crippen LogP contribution in [0, 0.1) is 0 Å². The Morgan fingerprint density at radius 1 is 1.07 bits per heavy atom. The molecule has 0 aromatic heterocycles. The summed E-state index contributed by atoms with van der Waals surface area (Å²) in [5, 5.41) is -0.214. The smallest absolute Gasteiger partial charge is 0.265 e. The summed E-state index contributed by atoms with van der Waals surface area (Å²) >= 11 is 0. The highest BCUT2D eigenvalue weighted by molar-refractivity contribution is 7.88. The average molecular weight is 220 g/mol. The summed E-state index contributed by atoms with van der Waals surface area (Å²) < 4.78 is 27.5. The van der Waals surface area contributed by atoms with Crippen LogP contribution in [0.15, 0.2) is 0 Å². The first kappa shape index (κ1) is 12.0. The van der Waals surface area contributed by atoms with Crippen molar-refractivity contribution in [1.29, 1.82) is 0 Å². The molecule has 1 heterocycles. The Labute approximate surface area is 87.0 Å². The third-order valence-corrected chi connectivity index (χ3v) is 4.52. The van der Waals surface area contributed by atoms with Crippen LogP contribution in [-0.4, -0.2) is 19.8 Å². The second-order valence-corrected chi connectivity index (χ2v) is 5.73. The number of rotatable bonds is 6. The molecule has 1 rings (SSSR count). The molecule has 0 N–H and O–H groups in total. The van der Waals surface area contributed by atoms with E-state index in [-0.39, 0.29) is 11.4 Å². The summed E-state index contributed by atoms with van der Waals surface area (Å²) in [6.45, 7) is 4.18. The minimum absolute atomic E-state index is 0.0218. The Bertz CT molecular complexity index is 259. The minimum atomic E-state index is -3.17. The van der Waals surface area contributed by atoms with Gasteiger partial charge in [0.15, 0.2) is 0 Å². The molecule has 1 aliphatic heterocycles. The summed E-state index contributed by atoms with van der Waals surface area (Å²) in [6, 6.07) is 0. The zero-order valence-corrected chi connectivity index (χ0v) is 9.85. The van der Waals surface area contributed by atoms with Gasteiger partial charge in [-0.2, -0.15) is 8.42 Å². The Kier molecular flexibility index (Phi) is 4.38. The molecule has 0 aromatic carbocycles.